The predicted octanol–water partition coefficient (Wildman–Crippen LogP) is 3.37. The van der Waals surface area contributed by atoms with Gasteiger partial charge in [0.2, 0.25) is 5.28 Å². The van der Waals surface area contributed by atoms with Crippen molar-refractivity contribution < 1.29 is 0 Å². The third-order valence-electron chi connectivity index (χ3n) is 4.44. The zero-order valence-corrected chi connectivity index (χ0v) is 10.8. The van der Waals surface area contributed by atoms with E-state index in [9.17, 15) is 0 Å². The zero-order chi connectivity index (χ0) is 11.8. The van der Waals surface area contributed by atoms with E-state index in [-0.39, 0.29) is 0 Å². The average molecular weight is 252 g/mol. The first-order chi connectivity index (χ1) is 8.22. The molecule has 4 atom stereocenters. The van der Waals surface area contributed by atoms with Gasteiger partial charge in [-0.3, -0.25) is 0 Å². The van der Waals surface area contributed by atoms with E-state index in [0.717, 1.165) is 23.6 Å². The van der Waals surface area contributed by atoms with Gasteiger partial charge in [0.25, 0.3) is 0 Å². The highest BCUT2D eigenvalue weighted by Crippen LogP contribution is 2.49. The highest BCUT2D eigenvalue weighted by molar-refractivity contribution is 6.28. The molecule has 2 bridgehead atoms. The Hall–Kier alpha value is -0.830. The van der Waals surface area contributed by atoms with Gasteiger partial charge in [-0.15, -0.1) is 0 Å². The van der Waals surface area contributed by atoms with E-state index in [1.54, 1.807) is 6.20 Å². The molecule has 2 aliphatic rings. The van der Waals surface area contributed by atoms with E-state index >= 15 is 0 Å². The van der Waals surface area contributed by atoms with Crippen LogP contribution in [0.3, 0.4) is 0 Å². The van der Waals surface area contributed by atoms with Gasteiger partial charge in [-0.2, -0.15) is 0 Å². The molecular weight excluding hydrogens is 234 g/mol. The van der Waals surface area contributed by atoms with Gasteiger partial charge in [-0.1, -0.05) is 6.42 Å². The first kappa shape index (κ1) is 11.3. The number of nitrogens with zero attached hydrogens (tertiary/aromatic N) is 2. The van der Waals surface area contributed by atoms with E-state index in [4.69, 9.17) is 11.6 Å². The largest absolute Gasteiger partial charge is 0.367 e. The van der Waals surface area contributed by atoms with Gasteiger partial charge >= 0.3 is 0 Å². The normalized spacial score (nSPS) is 32.7. The van der Waals surface area contributed by atoms with E-state index in [1.165, 1.54) is 25.7 Å². The number of halogens is 1. The lowest BCUT2D eigenvalue weighted by molar-refractivity contribution is 0.304. The molecule has 17 heavy (non-hydrogen) atoms. The van der Waals surface area contributed by atoms with Crippen LogP contribution in [-0.2, 0) is 0 Å². The lowest BCUT2D eigenvalue weighted by Gasteiger charge is -2.28. The quantitative estimate of drug-likeness (QED) is 0.837. The molecule has 0 saturated heterocycles. The predicted molar refractivity (Wildman–Crippen MR) is 69.1 cm³/mol. The fourth-order valence-corrected chi connectivity index (χ4v) is 3.81. The molecule has 1 N–H and O–H groups in total. The summed E-state index contributed by atoms with van der Waals surface area (Å²) in [6.45, 7) is 2.27. The lowest BCUT2D eigenvalue weighted by atomic mass is 9.84. The maximum atomic E-state index is 5.79. The van der Waals surface area contributed by atoms with Gasteiger partial charge in [0, 0.05) is 12.2 Å². The van der Waals surface area contributed by atoms with Crippen LogP contribution < -0.4 is 5.32 Å². The minimum absolute atomic E-state index is 0.315. The number of hydrogen-bond acceptors (Lipinski definition) is 3. The fraction of sp³-hybridized carbons (Fsp3) is 0.692. The molecule has 3 rings (SSSR count). The Labute approximate surface area is 107 Å². The Morgan fingerprint density at radius 1 is 1.41 bits per heavy atom. The van der Waals surface area contributed by atoms with E-state index < -0.39 is 0 Å². The summed E-state index contributed by atoms with van der Waals surface area (Å²) in [6.07, 6.45) is 7.41. The molecule has 0 radical (unpaired) electrons. The molecule has 4 unspecified atom stereocenters. The van der Waals surface area contributed by atoms with Crippen LogP contribution in [0.2, 0.25) is 5.28 Å². The van der Waals surface area contributed by atoms with Crippen molar-refractivity contribution in [3.05, 3.63) is 17.5 Å². The van der Waals surface area contributed by atoms with Gasteiger partial charge < -0.3 is 5.32 Å². The van der Waals surface area contributed by atoms with E-state index in [2.05, 4.69) is 22.2 Å². The number of anilines is 1. The molecule has 1 heterocycles. The van der Waals surface area contributed by atoms with Gasteiger partial charge in [0.15, 0.2) is 0 Å². The molecular formula is C13H18ClN3. The van der Waals surface area contributed by atoms with Crippen molar-refractivity contribution in [1.29, 1.82) is 0 Å². The number of hydrogen-bond donors (Lipinski definition) is 1. The van der Waals surface area contributed by atoms with Gasteiger partial charge in [-0.25, -0.2) is 9.97 Å². The van der Waals surface area contributed by atoms with Crippen molar-refractivity contribution in [3.63, 3.8) is 0 Å². The molecule has 0 spiro atoms. The van der Waals surface area contributed by atoms with Crippen molar-refractivity contribution in [2.45, 2.75) is 38.6 Å². The third kappa shape index (κ3) is 2.25. The first-order valence-electron chi connectivity index (χ1n) is 6.47. The summed E-state index contributed by atoms with van der Waals surface area (Å²) in [5.41, 5.74) is 0. The Balaban J connectivity index is 1.65. The topological polar surface area (TPSA) is 37.8 Å². The van der Waals surface area contributed by atoms with Gasteiger partial charge in [-0.05, 0) is 61.6 Å². The second kappa shape index (κ2) is 4.45. The molecule has 3 nitrogen and oxygen atoms in total. The van der Waals surface area contributed by atoms with Crippen LogP contribution in [0.4, 0.5) is 5.82 Å². The summed E-state index contributed by atoms with van der Waals surface area (Å²) < 4.78 is 0. The minimum Gasteiger partial charge on any atom is -0.367 e. The maximum absolute atomic E-state index is 5.79. The van der Waals surface area contributed by atoms with E-state index in [0.29, 0.717) is 11.3 Å². The molecule has 0 aromatic carbocycles. The molecule has 1 aromatic heterocycles. The summed E-state index contributed by atoms with van der Waals surface area (Å²) in [4.78, 5) is 8.09. The number of fused-ring (bicyclic) bond motifs is 2. The zero-order valence-electron chi connectivity index (χ0n) is 10.1. The molecule has 0 amide bonds. The van der Waals surface area contributed by atoms with Crippen LogP contribution in [0, 0.1) is 17.8 Å². The highest BCUT2D eigenvalue weighted by atomic mass is 35.5. The van der Waals surface area contributed by atoms with Crippen molar-refractivity contribution in [1.82, 2.24) is 9.97 Å². The monoisotopic (exact) mass is 251 g/mol. The highest BCUT2D eigenvalue weighted by Gasteiger charge is 2.41. The molecule has 0 aliphatic heterocycles. The molecule has 2 saturated carbocycles. The Morgan fingerprint density at radius 3 is 2.94 bits per heavy atom. The molecule has 92 valence electrons. The smallest absolute Gasteiger partial charge is 0.224 e. The molecule has 1 aromatic rings. The van der Waals surface area contributed by atoms with Crippen molar-refractivity contribution >= 4 is 17.4 Å². The molecule has 2 aliphatic carbocycles. The van der Waals surface area contributed by atoms with Crippen LogP contribution in [0.5, 0.6) is 0 Å². The number of nitrogens with one attached hydrogen (secondary N) is 1. The van der Waals surface area contributed by atoms with Crippen LogP contribution in [0.1, 0.15) is 32.6 Å². The average Bonchev–Trinajstić information content (AvgIpc) is 2.90. The van der Waals surface area contributed by atoms with E-state index in [1.807, 2.05) is 6.07 Å². The SMILES string of the molecule is CC(Nc1ccnc(Cl)n1)C1CC2CCC1C2. The van der Waals surface area contributed by atoms with Gasteiger partial charge in [0.05, 0.1) is 0 Å². The number of rotatable bonds is 3. The Morgan fingerprint density at radius 2 is 2.29 bits per heavy atom. The van der Waals surface area contributed by atoms with Crippen LogP contribution in [0.25, 0.3) is 0 Å². The Bertz CT molecular complexity index is 409. The molecule has 2 fully saturated rings. The summed E-state index contributed by atoms with van der Waals surface area (Å²) in [5.74, 6) is 3.57. The molecule has 4 heteroatoms. The van der Waals surface area contributed by atoms with Gasteiger partial charge in [0.1, 0.15) is 5.82 Å². The summed E-state index contributed by atoms with van der Waals surface area (Å²) >= 11 is 5.79. The second-order valence-corrected chi connectivity index (χ2v) is 5.82. The second-order valence-electron chi connectivity index (χ2n) is 5.48. The fourth-order valence-electron chi connectivity index (χ4n) is 3.66. The minimum atomic E-state index is 0.315. The summed E-state index contributed by atoms with van der Waals surface area (Å²) in [5, 5.41) is 3.79. The first-order valence-corrected chi connectivity index (χ1v) is 6.85. The van der Waals surface area contributed by atoms with Crippen molar-refractivity contribution in [3.8, 4) is 0 Å². The number of aromatic nitrogens is 2. The lowest BCUT2D eigenvalue weighted by Crippen LogP contribution is -2.30. The van der Waals surface area contributed by atoms with Crippen LogP contribution >= 0.6 is 11.6 Å². The van der Waals surface area contributed by atoms with Crippen LogP contribution in [0.15, 0.2) is 12.3 Å². The maximum Gasteiger partial charge on any atom is 0.224 e. The summed E-state index contributed by atoms with van der Waals surface area (Å²) in [7, 11) is 0. The van der Waals surface area contributed by atoms with Crippen molar-refractivity contribution in [2.75, 3.05) is 5.32 Å². The van der Waals surface area contributed by atoms with Crippen molar-refractivity contribution in [2.24, 2.45) is 17.8 Å². The Kier molecular flexibility index (Phi) is 2.95. The summed E-state index contributed by atoms with van der Waals surface area (Å²) in [6, 6.07) is 2.37. The van der Waals surface area contributed by atoms with Crippen LogP contribution in [-0.4, -0.2) is 16.0 Å². The third-order valence-corrected chi connectivity index (χ3v) is 4.62. The standard InChI is InChI=1S/C13H18ClN3/c1-8(11-7-9-2-3-10(11)6-9)16-12-4-5-15-13(14)17-12/h4-5,8-11H,2-3,6-7H2,1H3,(H,15,16,17).